The van der Waals surface area contributed by atoms with Gasteiger partial charge < -0.3 is 0 Å². The maximum Gasteiger partial charge on any atom is 0.282 e. The van der Waals surface area contributed by atoms with Gasteiger partial charge in [-0.25, -0.2) is 9.40 Å². The van der Waals surface area contributed by atoms with Gasteiger partial charge in [0.2, 0.25) is 0 Å². The average Bonchev–Trinajstić information content (AvgIpc) is 2.78. The molecule has 0 unspecified atom stereocenters. The minimum Gasteiger partial charge on any atom is -0.267 e. The molecule has 1 aliphatic heterocycles. The van der Waals surface area contributed by atoms with Gasteiger partial charge in [0.1, 0.15) is 11.4 Å². The predicted molar refractivity (Wildman–Crippen MR) is 81.5 cm³/mol. The highest BCUT2D eigenvalue weighted by atomic mass is 35.5. The topological polar surface area (TPSA) is 49.4 Å². The van der Waals surface area contributed by atoms with E-state index in [9.17, 15) is 14.0 Å². The molecule has 2 aromatic carbocycles. The first-order valence-electron chi connectivity index (χ1n) is 6.43. The number of rotatable bonds is 2. The van der Waals surface area contributed by atoms with E-state index >= 15 is 0 Å². The van der Waals surface area contributed by atoms with Crippen LogP contribution in [-0.4, -0.2) is 11.8 Å². The van der Waals surface area contributed by atoms with Crippen LogP contribution < -0.4 is 10.4 Å². The molecule has 2 amide bonds. The van der Waals surface area contributed by atoms with Crippen LogP contribution in [0.25, 0.3) is 6.08 Å². The third kappa shape index (κ3) is 2.58. The van der Waals surface area contributed by atoms with E-state index in [1.54, 1.807) is 30.3 Å². The lowest BCUT2D eigenvalue weighted by Crippen LogP contribution is -2.35. The SMILES string of the molecule is O=C1NN(c2ccc(Cl)cc2)C(=O)/C1=C\c1ccccc1F. The van der Waals surface area contributed by atoms with Crippen molar-refractivity contribution in [2.45, 2.75) is 0 Å². The number of anilines is 1. The minimum atomic E-state index is -0.580. The average molecular weight is 317 g/mol. The zero-order chi connectivity index (χ0) is 15.7. The van der Waals surface area contributed by atoms with Crippen molar-refractivity contribution < 1.29 is 14.0 Å². The van der Waals surface area contributed by atoms with Crippen LogP contribution in [0.5, 0.6) is 0 Å². The Morgan fingerprint density at radius 1 is 1.05 bits per heavy atom. The summed E-state index contributed by atoms with van der Waals surface area (Å²) in [5.41, 5.74) is 2.97. The monoisotopic (exact) mass is 316 g/mol. The van der Waals surface area contributed by atoms with Crippen LogP contribution >= 0.6 is 11.6 Å². The van der Waals surface area contributed by atoms with Crippen molar-refractivity contribution in [3.05, 3.63) is 70.5 Å². The second kappa shape index (κ2) is 5.61. The van der Waals surface area contributed by atoms with E-state index < -0.39 is 17.6 Å². The molecule has 0 radical (unpaired) electrons. The van der Waals surface area contributed by atoms with Crippen LogP contribution in [0.1, 0.15) is 5.56 Å². The first-order chi connectivity index (χ1) is 10.6. The molecule has 0 saturated carbocycles. The Balaban J connectivity index is 1.95. The Labute approximate surface area is 130 Å². The summed E-state index contributed by atoms with van der Waals surface area (Å²) in [6.07, 6.45) is 1.24. The van der Waals surface area contributed by atoms with E-state index in [2.05, 4.69) is 5.43 Å². The summed E-state index contributed by atoms with van der Waals surface area (Å²) in [6.45, 7) is 0. The second-order valence-electron chi connectivity index (χ2n) is 4.64. The Morgan fingerprint density at radius 3 is 2.41 bits per heavy atom. The quantitative estimate of drug-likeness (QED) is 0.684. The molecule has 0 aromatic heterocycles. The molecular weight excluding hydrogens is 307 g/mol. The summed E-state index contributed by atoms with van der Waals surface area (Å²) in [5, 5.41) is 1.62. The van der Waals surface area contributed by atoms with Crippen molar-refractivity contribution in [2.24, 2.45) is 0 Å². The van der Waals surface area contributed by atoms with E-state index in [4.69, 9.17) is 11.6 Å². The van der Waals surface area contributed by atoms with Crippen LogP contribution in [0, 0.1) is 5.82 Å². The summed E-state index contributed by atoms with van der Waals surface area (Å²) in [7, 11) is 0. The molecule has 1 N–H and O–H groups in total. The summed E-state index contributed by atoms with van der Waals surface area (Å²) >= 11 is 5.79. The lowest BCUT2D eigenvalue weighted by molar-refractivity contribution is -0.117. The van der Waals surface area contributed by atoms with Crippen molar-refractivity contribution in [3.8, 4) is 0 Å². The number of carbonyl (C=O) groups is 2. The second-order valence-corrected chi connectivity index (χ2v) is 5.07. The number of hydrazine groups is 1. The van der Waals surface area contributed by atoms with Gasteiger partial charge in [0.15, 0.2) is 0 Å². The van der Waals surface area contributed by atoms with Crippen molar-refractivity contribution in [2.75, 3.05) is 5.01 Å². The number of benzene rings is 2. The molecule has 22 heavy (non-hydrogen) atoms. The van der Waals surface area contributed by atoms with Gasteiger partial charge in [0.05, 0.1) is 5.69 Å². The van der Waals surface area contributed by atoms with Crippen molar-refractivity contribution in [1.29, 1.82) is 0 Å². The third-order valence-electron chi connectivity index (χ3n) is 3.18. The molecule has 0 bridgehead atoms. The lowest BCUT2D eigenvalue weighted by atomic mass is 10.1. The fourth-order valence-electron chi connectivity index (χ4n) is 2.08. The van der Waals surface area contributed by atoms with E-state index in [0.29, 0.717) is 10.7 Å². The summed E-state index contributed by atoms with van der Waals surface area (Å²) < 4.78 is 13.6. The van der Waals surface area contributed by atoms with Gasteiger partial charge in [-0.2, -0.15) is 0 Å². The molecule has 0 atom stereocenters. The van der Waals surface area contributed by atoms with Gasteiger partial charge >= 0.3 is 0 Å². The zero-order valence-corrected chi connectivity index (χ0v) is 12.0. The van der Waals surface area contributed by atoms with Gasteiger partial charge in [0.25, 0.3) is 11.8 Å². The van der Waals surface area contributed by atoms with Crippen molar-refractivity contribution >= 4 is 35.2 Å². The molecule has 2 aromatic rings. The van der Waals surface area contributed by atoms with Gasteiger partial charge in [-0.1, -0.05) is 29.8 Å². The normalized spacial score (nSPS) is 16.3. The first-order valence-corrected chi connectivity index (χ1v) is 6.81. The van der Waals surface area contributed by atoms with Crippen LogP contribution in [0.4, 0.5) is 10.1 Å². The number of hydrogen-bond acceptors (Lipinski definition) is 2. The molecule has 1 saturated heterocycles. The van der Waals surface area contributed by atoms with E-state index in [-0.39, 0.29) is 11.1 Å². The molecule has 0 aliphatic carbocycles. The third-order valence-corrected chi connectivity index (χ3v) is 3.43. The molecule has 1 aliphatic rings. The van der Waals surface area contributed by atoms with Gasteiger partial charge in [-0.3, -0.25) is 15.0 Å². The van der Waals surface area contributed by atoms with E-state index in [0.717, 1.165) is 5.01 Å². The number of hydrogen-bond donors (Lipinski definition) is 1. The van der Waals surface area contributed by atoms with Crippen molar-refractivity contribution in [1.82, 2.24) is 5.43 Å². The number of carbonyl (C=O) groups excluding carboxylic acids is 2. The largest absolute Gasteiger partial charge is 0.282 e. The molecule has 110 valence electrons. The molecule has 3 rings (SSSR count). The lowest BCUT2D eigenvalue weighted by Gasteiger charge is -2.14. The fourth-order valence-corrected chi connectivity index (χ4v) is 2.20. The maximum absolute atomic E-state index is 13.6. The molecule has 1 heterocycles. The van der Waals surface area contributed by atoms with Crippen LogP contribution in [0.2, 0.25) is 5.02 Å². The molecule has 1 fully saturated rings. The zero-order valence-electron chi connectivity index (χ0n) is 11.2. The highest BCUT2D eigenvalue weighted by Crippen LogP contribution is 2.23. The van der Waals surface area contributed by atoms with Gasteiger partial charge in [0, 0.05) is 10.6 Å². The molecule has 6 heteroatoms. The number of nitrogens with one attached hydrogen (secondary N) is 1. The van der Waals surface area contributed by atoms with Gasteiger partial charge in [-0.15, -0.1) is 0 Å². The Bertz CT molecular complexity index is 787. The van der Waals surface area contributed by atoms with Crippen molar-refractivity contribution in [3.63, 3.8) is 0 Å². The standard InChI is InChI=1S/C16H10ClFN2O2/c17-11-5-7-12(8-6-11)20-16(22)13(15(21)19-20)9-10-3-1-2-4-14(10)18/h1-9H,(H,19,21)/b13-9-. The Morgan fingerprint density at radius 2 is 1.73 bits per heavy atom. The maximum atomic E-state index is 13.6. The number of amides is 2. The molecule has 4 nitrogen and oxygen atoms in total. The van der Waals surface area contributed by atoms with Crippen LogP contribution in [0.3, 0.4) is 0 Å². The molecular formula is C16H10ClFN2O2. The predicted octanol–water partition coefficient (Wildman–Crippen LogP) is 2.94. The number of nitrogens with zero attached hydrogens (tertiary/aromatic N) is 1. The van der Waals surface area contributed by atoms with Gasteiger partial charge in [-0.05, 0) is 36.4 Å². The van der Waals surface area contributed by atoms with Crippen LogP contribution in [-0.2, 0) is 9.59 Å². The Kier molecular flexibility index (Phi) is 3.65. The highest BCUT2D eigenvalue weighted by molar-refractivity contribution is 6.32. The van der Waals surface area contributed by atoms with E-state index in [1.807, 2.05) is 0 Å². The number of halogens is 2. The summed E-state index contributed by atoms with van der Waals surface area (Å²) in [6, 6.07) is 12.3. The summed E-state index contributed by atoms with van der Waals surface area (Å²) in [5.74, 6) is -1.63. The highest BCUT2D eigenvalue weighted by Gasteiger charge is 2.34. The smallest absolute Gasteiger partial charge is 0.267 e. The summed E-state index contributed by atoms with van der Waals surface area (Å²) in [4.78, 5) is 24.3. The Hall–Kier alpha value is -2.66. The molecule has 0 spiro atoms. The van der Waals surface area contributed by atoms with E-state index in [1.165, 1.54) is 24.3 Å². The first kappa shape index (κ1) is 14.3. The van der Waals surface area contributed by atoms with Crippen LogP contribution in [0.15, 0.2) is 54.1 Å². The minimum absolute atomic E-state index is 0.125. The fraction of sp³-hybridized carbons (Fsp3) is 0.